The van der Waals surface area contributed by atoms with Gasteiger partial charge in [-0.25, -0.2) is 0 Å². The Morgan fingerprint density at radius 1 is 1.13 bits per heavy atom. The minimum atomic E-state index is -4.06. The van der Waals surface area contributed by atoms with Gasteiger partial charge in [0.1, 0.15) is 12.6 Å². The molecular formula is C23H42N8O7S. The second-order valence-electron chi connectivity index (χ2n) is 10.1. The Kier molecular flexibility index (Phi) is 11.7. The fourth-order valence-electron chi connectivity index (χ4n) is 4.74. The third kappa shape index (κ3) is 9.86. The first kappa shape index (κ1) is 31.0. The number of rotatable bonds is 14. The van der Waals surface area contributed by atoms with Crippen LogP contribution in [0.4, 0.5) is 0 Å². The summed E-state index contributed by atoms with van der Waals surface area (Å²) in [4.78, 5) is 41.7. The number of methoxy groups -OCH3 is 1. The van der Waals surface area contributed by atoms with Crippen molar-refractivity contribution in [3.05, 3.63) is 0 Å². The molecule has 3 amide bonds. The molecule has 222 valence electrons. The zero-order valence-corrected chi connectivity index (χ0v) is 23.3. The van der Waals surface area contributed by atoms with Gasteiger partial charge < -0.3 is 35.6 Å². The van der Waals surface area contributed by atoms with Crippen LogP contribution in [0.25, 0.3) is 0 Å². The molecule has 0 aromatic carbocycles. The fourth-order valence-corrected chi connectivity index (χ4v) is 6.07. The Morgan fingerprint density at radius 3 is 2.49 bits per heavy atom. The lowest BCUT2D eigenvalue weighted by atomic mass is 9.98. The van der Waals surface area contributed by atoms with Gasteiger partial charge in [0.2, 0.25) is 17.7 Å². The Balaban J connectivity index is 1.66. The van der Waals surface area contributed by atoms with Gasteiger partial charge in [0.05, 0.1) is 19.6 Å². The van der Waals surface area contributed by atoms with Crippen LogP contribution in [0, 0.1) is 11.3 Å². The molecule has 2 heterocycles. The number of nitrogens with two attached hydrogens (primary N) is 1. The summed E-state index contributed by atoms with van der Waals surface area (Å²) in [5.74, 6) is -1.21. The summed E-state index contributed by atoms with van der Waals surface area (Å²) in [6, 6.07) is -1.39. The molecule has 3 rings (SSSR count). The monoisotopic (exact) mass is 574 g/mol. The van der Waals surface area contributed by atoms with Gasteiger partial charge in [0.15, 0.2) is 5.96 Å². The van der Waals surface area contributed by atoms with E-state index in [-0.39, 0.29) is 76.2 Å². The number of likely N-dealkylation sites (tertiary alicyclic amines) is 1. The molecule has 3 aliphatic rings. The average molecular weight is 575 g/mol. The topological polar surface area (TPSA) is 199 Å². The summed E-state index contributed by atoms with van der Waals surface area (Å²) in [5.41, 5.74) is 5.60. The Morgan fingerprint density at radius 2 is 1.85 bits per heavy atom. The molecule has 0 spiro atoms. The predicted octanol–water partition coefficient (Wildman–Crippen LogP) is -2.61. The van der Waals surface area contributed by atoms with E-state index in [9.17, 15) is 22.8 Å². The molecule has 2 aliphatic heterocycles. The molecule has 15 nitrogen and oxygen atoms in total. The number of carbonyl (C=O) groups is 3. The highest BCUT2D eigenvalue weighted by molar-refractivity contribution is 7.87. The fraction of sp³-hybridized carbons (Fsp3) is 0.826. The molecule has 1 saturated carbocycles. The maximum Gasteiger partial charge on any atom is 0.280 e. The summed E-state index contributed by atoms with van der Waals surface area (Å²) in [5, 5.41) is 13.1. The normalized spacial score (nSPS) is 21.2. The lowest BCUT2D eigenvalue weighted by Crippen LogP contribution is -2.56. The molecule has 0 aromatic rings. The number of guanidine groups is 1. The molecule has 0 radical (unpaired) electrons. The van der Waals surface area contributed by atoms with Crippen LogP contribution < -0.4 is 21.1 Å². The van der Waals surface area contributed by atoms with E-state index in [1.165, 1.54) is 11.4 Å². The number of hydrogen-bond donors (Lipinski definition) is 5. The van der Waals surface area contributed by atoms with Crippen molar-refractivity contribution in [3.63, 3.8) is 0 Å². The maximum atomic E-state index is 13.6. The molecular weight excluding hydrogens is 532 g/mol. The van der Waals surface area contributed by atoms with Gasteiger partial charge in [0, 0.05) is 59.0 Å². The van der Waals surface area contributed by atoms with Gasteiger partial charge in [-0.15, -0.1) is 0 Å². The van der Waals surface area contributed by atoms with Crippen molar-refractivity contribution in [1.29, 1.82) is 5.41 Å². The molecule has 0 bridgehead atoms. The van der Waals surface area contributed by atoms with Crippen LogP contribution in [0.1, 0.15) is 32.1 Å². The number of ether oxygens (including phenoxy) is 2. The van der Waals surface area contributed by atoms with E-state index in [0.29, 0.717) is 19.6 Å². The molecule has 6 N–H and O–H groups in total. The molecule has 16 heteroatoms. The van der Waals surface area contributed by atoms with E-state index < -0.39 is 28.1 Å². The number of nitrogens with zero attached hydrogens (tertiary/aromatic N) is 3. The van der Waals surface area contributed by atoms with Crippen LogP contribution in [0.2, 0.25) is 0 Å². The minimum absolute atomic E-state index is 0.00668. The number of hydrogen-bond acceptors (Lipinski definition) is 8. The summed E-state index contributed by atoms with van der Waals surface area (Å²) in [6.07, 6.45) is 2.87. The molecule has 39 heavy (non-hydrogen) atoms. The third-order valence-corrected chi connectivity index (χ3v) is 8.58. The molecule has 2 saturated heterocycles. The first-order valence-electron chi connectivity index (χ1n) is 13.4. The van der Waals surface area contributed by atoms with Crippen LogP contribution in [0.5, 0.6) is 0 Å². The average Bonchev–Trinajstić information content (AvgIpc) is 3.75. The SMILES string of the molecule is COCC(=O)NCCN(C(=O)[C@H](CC(=O)NC[C@@H]1CCCN(C(=N)N)C1)NS(=O)(=O)N1CCOCC1)C1CC1. The second kappa shape index (κ2) is 14.7. The molecule has 2 atom stereocenters. The first-order valence-corrected chi connectivity index (χ1v) is 14.8. The summed E-state index contributed by atoms with van der Waals surface area (Å²) >= 11 is 0. The van der Waals surface area contributed by atoms with Crippen molar-refractivity contribution >= 4 is 33.9 Å². The standard InChI is InChI=1S/C23H42N8O7S/c1-37-16-21(33)26-6-8-31(18-4-5-18)22(34)19(28-39(35,36)30-9-11-38-12-10-30)13-20(32)27-14-17-3-2-7-29(15-17)23(24)25/h17-19,28H,2-16H2,1H3,(H3,24,25)(H,26,33)(H,27,32)/t17-,19-/m0/s1. The van der Waals surface area contributed by atoms with E-state index in [4.69, 9.17) is 20.6 Å². The zero-order valence-electron chi connectivity index (χ0n) is 22.5. The van der Waals surface area contributed by atoms with Crippen molar-refractivity contribution in [1.82, 2.24) is 29.5 Å². The Hall–Kier alpha value is -2.53. The number of carbonyl (C=O) groups excluding carboxylic acids is 3. The van der Waals surface area contributed by atoms with E-state index in [0.717, 1.165) is 25.7 Å². The summed E-state index contributed by atoms with van der Waals surface area (Å²) in [7, 11) is -2.65. The quantitative estimate of drug-likeness (QED) is 0.109. The molecule has 0 unspecified atom stereocenters. The second-order valence-corrected chi connectivity index (χ2v) is 11.8. The largest absolute Gasteiger partial charge is 0.379 e. The maximum absolute atomic E-state index is 13.6. The van der Waals surface area contributed by atoms with Crippen molar-refractivity contribution < 1.29 is 32.3 Å². The molecule has 1 aliphatic carbocycles. The third-order valence-electron chi connectivity index (χ3n) is 6.96. The van der Waals surface area contributed by atoms with Crippen molar-refractivity contribution in [2.75, 3.05) is 72.7 Å². The van der Waals surface area contributed by atoms with Gasteiger partial charge >= 0.3 is 0 Å². The smallest absolute Gasteiger partial charge is 0.280 e. The van der Waals surface area contributed by atoms with E-state index >= 15 is 0 Å². The van der Waals surface area contributed by atoms with Crippen molar-refractivity contribution in [3.8, 4) is 0 Å². The highest BCUT2D eigenvalue weighted by Crippen LogP contribution is 2.27. The van der Waals surface area contributed by atoms with Crippen LogP contribution in [-0.2, 0) is 34.1 Å². The number of morpholine rings is 1. The van der Waals surface area contributed by atoms with Crippen molar-refractivity contribution in [2.24, 2.45) is 11.7 Å². The number of nitrogens with one attached hydrogen (secondary N) is 4. The highest BCUT2D eigenvalue weighted by Gasteiger charge is 2.39. The number of amides is 3. The van der Waals surface area contributed by atoms with Crippen LogP contribution in [-0.4, -0.2) is 131 Å². The predicted molar refractivity (Wildman–Crippen MR) is 142 cm³/mol. The van der Waals surface area contributed by atoms with Gasteiger partial charge in [-0.1, -0.05) is 0 Å². The number of piperidine rings is 1. The van der Waals surface area contributed by atoms with Crippen molar-refractivity contribution in [2.45, 2.75) is 44.2 Å². The Bertz CT molecular complexity index is 972. The van der Waals surface area contributed by atoms with Gasteiger partial charge in [0.25, 0.3) is 10.2 Å². The molecule has 0 aromatic heterocycles. The lowest BCUT2D eigenvalue weighted by Gasteiger charge is -2.33. The summed E-state index contributed by atoms with van der Waals surface area (Å²) < 4.78 is 40.0. The Labute approximate surface area is 229 Å². The van der Waals surface area contributed by atoms with Gasteiger partial charge in [-0.3, -0.25) is 19.8 Å². The van der Waals surface area contributed by atoms with Crippen LogP contribution in [0.15, 0.2) is 0 Å². The molecule has 3 fully saturated rings. The minimum Gasteiger partial charge on any atom is -0.379 e. The first-order chi connectivity index (χ1) is 18.6. The zero-order chi connectivity index (χ0) is 28.4. The van der Waals surface area contributed by atoms with E-state index in [1.807, 2.05) is 0 Å². The van der Waals surface area contributed by atoms with Crippen LogP contribution in [0.3, 0.4) is 0 Å². The van der Waals surface area contributed by atoms with E-state index in [2.05, 4.69) is 15.4 Å². The lowest BCUT2D eigenvalue weighted by molar-refractivity contribution is -0.136. The highest BCUT2D eigenvalue weighted by atomic mass is 32.2. The van der Waals surface area contributed by atoms with Gasteiger partial charge in [-0.05, 0) is 31.6 Å². The van der Waals surface area contributed by atoms with E-state index in [1.54, 1.807) is 9.80 Å². The summed E-state index contributed by atoms with van der Waals surface area (Å²) in [6.45, 7) is 2.61. The van der Waals surface area contributed by atoms with Gasteiger partial charge in [-0.2, -0.15) is 17.4 Å². The van der Waals surface area contributed by atoms with Crippen LogP contribution >= 0.6 is 0 Å².